The SMILES string of the molecule is CN=P(C)(OC/C=C/c1ccccc1)OCCOCCOC. The smallest absolute Gasteiger partial charge is 0.209 e. The molecule has 0 bridgehead atoms. The van der Waals surface area contributed by atoms with Crippen LogP contribution in [0.2, 0.25) is 0 Å². The van der Waals surface area contributed by atoms with Crippen LogP contribution in [0.3, 0.4) is 0 Å². The van der Waals surface area contributed by atoms with Gasteiger partial charge in [0.25, 0.3) is 0 Å². The van der Waals surface area contributed by atoms with Crippen LogP contribution in [-0.2, 0) is 18.5 Å². The molecule has 0 spiro atoms. The van der Waals surface area contributed by atoms with Crippen molar-refractivity contribution < 1.29 is 18.5 Å². The number of rotatable bonds is 11. The van der Waals surface area contributed by atoms with Gasteiger partial charge >= 0.3 is 0 Å². The second-order valence-corrected chi connectivity index (χ2v) is 7.07. The van der Waals surface area contributed by atoms with E-state index >= 15 is 0 Å². The molecule has 0 amide bonds. The van der Waals surface area contributed by atoms with Crippen molar-refractivity contribution in [3.05, 3.63) is 42.0 Å². The molecule has 1 aromatic rings. The summed E-state index contributed by atoms with van der Waals surface area (Å²) in [6.45, 7) is 4.51. The lowest BCUT2D eigenvalue weighted by Gasteiger charge is -2.18. The molecule has 1 atom stereocenters. The topological polar surface area (TPSA) is 49.3 Å². The normalized spacial score (nSPS) is 14.1. The van der Waals surface area contributed by atoms with Crippen molar-refractivity contribution in [1.82, 2.24) is 0 Å². The van der Waals surface area contributed by atoms with Crippen LogP contribution in [0.4, 0.5) is 0 Å². The Morgan fingerprint density at radius 1 is 1.05 bits per heavy atom. The van der Waals surface area contributed by atoms with Crippen molar-refractivity contribution >= 4 is 13.6 Å². The standard InChI is InChI=1S/C16H26NO4P/c1-17-22(3,21-15-14-19-13-12-18-2)20-11-7-10-16-8-5-4-6-9-16/h4-10H,11-15H2,1-3H3/b10-7+. The zero-order valence-corrected chi connectivity index (χ0v) is 14.5. The van der Waals surface area contributed by atoms with E-state index in [-0.39, 0.29) is 0 Å². The fraction of sp³-hybridized carbons (Fsp3) is 0.500. The third kappa shape index (κ3) is 8.47. The van der Waals surface area contributed by atoms with Gasteiger partial charge < -0.3 is 18.5 Å². The molecule has 0 aliphatic heterocycles. The molecule has 0 N–H and O–H groups in total. The predicted octanol–water partition coefficient (Wildman–Crippen LogP) is 3.69. The average molecular weight is 327 g/mol. The van der Waals surface area contributed by atoms with E-state index in [1.54, 1.807) is 14.2 Å². The summed E-state index contributed by atoms with van der Waals surface area (Å²) in [5, 5.41) is 0. The number of ether oxygens (including phenoxy) is 2. The minimum atomic E-state index is -2.16. The summed E-state index contributed by atoms with van der Waals surface area (Å²) < 4.78 is 26.0. The van der Waals surface area contributed by atoms with Gasteiger partial charge in [0.2, 0.25) is 7.51 Å². The molecule has 0 aliphatic carbocycles. The second kappa shape index (κ2) is 11.6. The van der Waals surface area contributed by atoms with Crippen molar-refractivity contribution in [2.24, 2.45) is 4.74 Å². The molecule has 124 valence electrons. The fourth-order valence-electron chi connectivity index (χ4n) is 1.59. The van der Waals surface area contributed by atoms with E-state index in [0.717, 1.165) is 5.56 Å². The summed E-state index contributed by atoms with van der Waals surface area (Å²) in [5.41, 5.74) is 1.15. The number of methoxy groups -OCH3 is 1. The van der Waals surface area contributed by atoms with Crippen LogP contribution in [0.1, 0.15) is 5.56 Å². The molecule has 0 saturated carbocycles. The molecular weight excluding hydrogens is 301 g/mol. The van der Waals surface area contributed by atoms with Crippen LogP contribution < -0.4 is 0 Å². The third-order valence-corrected chi connectivity index (χ3v) is 4.89. The third-order valence-electron chi connectivity index (χ3n) is 2.87. The summed E-state index contributed by atoms with van der Waals surface area (Å²) >= 11 is 0. The van der Waals surface area contributed by atoms with E-state index in [0.29, 0.717) is 33.0 Å². The van der Waals surface area contributed by atoms with E-state index in [1.165, 1.54) is 0 Å². The maximum atomic E-state index is 5.78. The van der Waals surface area contributed by atoms with Gasteiger partial charge in [0.1, 0.15) is 0 Å². The first-order valence-electron chi connectivity index (χ1n) is 7.25. The van der Waals surface area contributed by atoms with Gasteiger partial charge in [-0.05, 0) is 5.56 Å². The highest BCUT2D eigenvalue weighted by molar-refractivity contribution is 7.55. The zero-order valence-electron chi connectivity index (χ0n) is 13.6. The molecule has 0 fully saturated rings. The van der Waals surface area contributed by atoms with Gasteiger partial charge in [0.15, 0.2) is 0 Å². The molecule has 1 rings (SSSR count). The first kappa shape index (κ1) is 19.1. The van der Waals surface area contributed by atoms with E-state index in [4.69, 9.17) is 18.5 Å². The van der Waals surface area contributed by atoms with E-state index in [1.807, 2.05) is 49.1 Å². The highest BCUT2D eigenvalue weighted by Crippen LogP contribution is 2.47. The van der Waals surface area contributed by atoms with Crippen molar-refractivity contribution in [3.63, 3.8) is 0 Å². The van der Waals surface area contributed by atoms with Crippen molar-refractivity contribution in [2.75, 3.05) is 53.9 Å². The Kier molecular flexibility index (Phi) is 10.0. The number of benzene rings is 1. The van der Waals surface area contributed by atoms with Crippen LogP contribution in [0.5, 0.6) is 0 Å². The number of hydrogen-bond donors (Lipinski definition) is 0. The highest BCUT2D eigenvalue weighted by atomic mass is 31.2. The van der Waals surface area contributed by atoms with Gasteiger partial charge in [-0.25, -0.2) is 0 Å². The average Bonchev–Trinajstić information content (AvgIpc) is 2.56. The Bertz CT molecular complexity index is 476. The van der Waals surface area contributed by atoms with Crippen LogP contribution in [0.15, 0.2) is 41.2 Å². The molecule has 0 aromatic heterocycles. The van der Waals surface area contributed by atoms with Gasteiger partial charge in [-0.2, -0.15) is 0 Å². The van der Waals surface area contributed by atoms with Crippen LogP contribution in [0, 0.1) is 0 Å². The summed E-state index contributed by atoms with van der Waals surface area (Å²) in [5.74, 6) is 0. The van der Waals surface area contributed by atoms with Gasteiger partial charge in [-0.15, -0.1) is 0 Å². The van der Waals surface area contributed by atoms with Crippen molar-refractivity contribution in [2.45, 2.75) is 0 Å². The Morgan fingerprint density at radius 2 is 1.77 bits per heavy atom. The molecule has 0 aliphatic rings. The van der Waals surface area contributed by atoms with Gasteiger partial charge in [0.05, 0.1) is 33.0 Å². The molecule has 5 nitrogen and oxygen atoms in total. The molecular formula is C16H26NO4P. The van der Waals surface area contributed by atoms with Gasteiger partial charge in [-0.1, -0.05) is 42.5 Å². The molecule has 1 unspecified atom stereocenters. The summed E-state index contributed by atoms with van der Waals surface area (Å²) in [6.07, 6.45) is 3.99. The molecule has 0 heterocycles. The van der Waals surface area contributed by atoms with Crippen LogP contribution >= 0.6 is 7.51 Å². The van der Waals surface area contributed by atoms with Crippen LogP contribution in [0.25, 0.3) is 6.08 Å². The van der Waals surface area contributed by atoms with Gasteiger partial charge in [0, 0.05) is 20.8 Å². The summed E-state index contributed by atoms with van der Waals surface area (Å²) in [4.78, 5) is 0. The first-order valence-corrected chi connectivity index (χ1v) is 9.28. The molecule has 22 heavy (non-hydrogen) atoms. The lowest BCUT2D eigenvalue weighted by molar-refractivity contribution is 0.0534. The fourth-order valence-corrected chi connectivity index (χ4v) is 2.67. The number of nitrogens with zero attached hydrogens (tertiary/aromatic N) is 1. The maximum absolute atomic E-state index is 5.78. The van der Waals surface area contributed by atoms with Crippen molar-refractivity contribution in [1.29, 1.82) is 0 Å². The summed E-state index contributed by atoms with van der Waals surface area (Å²) in [7, 11) is 1.21. The van der Waals surface area contributed by atoms with Crippen LogP contribution in [-0.4, -0.2) is 53.9 Å². The lowest BCUT2D eigenvalue weighted by Crippen LogP contribution is -2.08. The molecule has 0 radical (unpaired) electrons. The minimum Gasteiger partial charge on any atom is -0.382 e. The molecule has 6 heteroatoms. The van der Waals surface area contributed by atoms with Gasteiger partial charge in [-0.3, -0.25) is 4.74 Å². The Morgan fingerprint density at radius 3 is 2.45 bits per heavy atom. The van der Waals surface area contributed by atoms with E-state index < -0.39 is 7.51 Å². The second-order valence-electron chi connectivity index (χ2n) is 4.55. The predicted molar refractivity (Wildman–Crippen MR) is 91.3 cm³/mol. The Balaban J connectivity index is 2.26. The summed E-state index contributed by atoms with van der Waals surface area (Å²) in [6, 6.07) is 10.1. The molecule has 1 aromatic carbocycles. The minimum absolute atomic E-state index is 0.466. The van der Waals surface area contributed by atoms with E-state index in [9.17, 15) is 0 Å². The zero-order chi connectivity index (χ0) is 16.1. The number of hydrogen-bond acceptors (Lipinski definition) is 5. The highest BCUT2D eigenvalue weighted by Gasteiger charge is 2.12. The van der Waals surface area contributed by atoms with E-state index in [2.05, 4.69) is 4.74 Å². The first-order chi connectivity index (χ1) is 10.7. The molecule has 0 saturated heterocycles. The monoisotopic (exact) mass is 327 g/mol. The largest absolute Gasteiger partial charge is 0.382 e. The Labute approximate surface area is 133 Å². The lowest BCUT2D eigenvalue weighted by atomic mass is 10.2. The quantitative estimate of drug-likeness (QED) is 0.459. The van der Waals surface area contributed by atoms with Crippen molar-refractivity contribution in [3.8, 4) is 0 Å². The maximum Gasteiger partial charge on any atom is 0.209 e. The Hall–Kier alpha value is -0.970.